The molecule has 3 heterocycles. The van der Waals surface area contributed by atoms with Gasteiger partial charge in [0.25, 0.3) is 5.69 Å². The predicted molar refractivity (Wildman–Crippen MR) is 129 cm³/mol. The van der Waals surface area contributed by atoms with E-state index in [9.17, 15) is 29.9 Å². The van der Waals surface area contributed by atoms with Crippen LogP contribution in [0.15, 0.2) is 30.3 Å². The van der Waals surface area contributed by atoms with E-state index < -0.39 is 16.9 Å². The number of hydrogen-bond acceptors (Lipinski definition) is 9. The Labute approximate surface area is 207 Å². The number of aryl methyl sites for hydroxylation is 1. The van der Waals surface area contributed by atoms with Crippen molar-refractivity contribution < 1.29 is 29.5 Å². The molecular formula is C24H29N5O7. The molecule has 0 saturated carbocycles. The predicted octanol–water partition coefficient (Wildman–Crippen LogP) is 1.28. The summed E-state index contributed by atoms with van der Waals surface area (Å²) >= 11 is 0. The maximum absolute atomic E-state index is 13.0. The second-order valence-corrected chi connectivity index (χ2v) is 9.00. The van der Waals surface area contributed by atoms with Gasteiger partial charge in [-0.15, -0.1) is 0 Å². The number of non-ortho nitro benzene ring substituents is 1. The maximum atomic E-state index is 13.0. The van der Waals surface area contributed by atoms with E-state index in [1.165, 1.54) is 29.2 Å². The summed E-state index contributed by atoms with van der Waals surface area (Å²) in [5.41, 5.74) is 1.84. The monoisotopic (exact) mass is 499 g/mol. The highest BCUT2D eigenvalue weighted by Crippen LogP contribution is 2.32. The number of benzene rings is 1. The van der Waals surface area contributed by atoms with E-state index in [2.05, 4.69) is 0 Å². The Morgan fingerprint density at radius 2 is 1.92 bits per heavy atom. The van der Waals surface area contributed by atoms with E-state index in [0.29, 0.717) is 50.5 Å². The van der Waals surface area contributed by atoms with Crippen LogP contribution in [0.4, 0.5) is 16.3 Å². The van der Waals surface area contributed by atoms with Crippen molar-refractivity contribution in [2.24, 2.45) is 0 Å². The van der Waals surface area contributed by atoms with Crippen LogP contribution in [0.3, 0.4) is 0 Å². The lowest BCUT2D eigenvalue weighted by Crippen LogP contribution is -2.48. The molecule has 4 rings (SSSR count). The molecule has 36 heavy (non-hydrogen) atoms. The Morgan fingerprint density at radius 3 is 2.56 bits per heavy atom. The van der Waals surface area contributed by atoms with Crippen LogP contribution < -0.4 is 9.64 Å². The molecule has 2 aliphatic rings. The van der Waals surface area contributed by atoms with Gasteiger partial charge < -0.3 is 19.8 Å². The third-order valence-corrected chi connectivity index (χ3v) is 6.45. The van der Waals surface area contributed by atoms with Crippen molar-refractivity contribution in [2.75, 3.05) is 51.3 Å². The van der Waals surface area contributed by atoms with Crippen LogP contribution in [0.25, 0.3) is 0 Å². The average molecular weight is 500 g/mol. The molecule has 0 spiro atoms. The summed E-state index contributed by atoms with van der Waals surface area (Å²) in [4.78, 5) is 45.7. The zero-order chi connectivity index (χ0) is 25.8. The first-order valence-corrected chi connectivity index (χ1v) is 11.7. The fourth-order valence-corrected chi connectivity index (χ4v) is 4.44. The van der Waals surface area contributed by atoms with Crippen molar-refractivity contribution in [3.63, 3.8) is 0 Å². The first-order valence-electron chi connectivity index (χ1n) is 11.7. The van der Waals surface area contributed by atoms with Crippen molar-refractivity contribution in [3.8, 4) is 5.75 Å². The van der Waals surface area contributed by atoms with Crippen LogP contribution in [0.2, 0.25) is 0 Å². The Morgan fingerprint density at radius 1 is 1.19 bits per heavy atom. The lowest BCUT2D eigenvalue weighted by atomic mass is 9.96. The minimum absolute atomic E-state index is 0.00901. The largest absolute Gasteiger partial charge is 0.420 e. The van der Waals surface area contributed by atoms with Gasteiger partial charge in [-0.1, -0.05) is 0 Å². The van der Waals surface area contributed by atoms with Crippen LogP contribution in [0, 0.1) is 10.1 Å². The Kier molecular flexibility index (Phi) is 7.77. The molecule has 2 amide bonds. The topological polar surface area (TPSA) is 150 Å². The van der Waals surface area contributed by atoms with E-state index in [4.69, 9.17) is 9.72 Å². The summed E-state index contributed by atoms with van der Waals surface area (Å²) < 4.78 is 5.44. The molecule has 2 aliphatic heterocycles. The Hall–Kier alpha value is -3.61. The molecule has 0 radical (unpaired) electrons. The number of pyridine rings is 1. The third-order valence-electron chi connectivity index (χ3n) is 6.45. The van der Waals surface area contributed by atoms with Crippen molar-refractivity contribution >= 4 is 23.5 Å². The number of carbonyl (C=O) groups excluding carboxylic acids is 2. The van der Waals surface area contributed by atoms with Gasteiger partial charge in [-0.2, -0.15) is 0 Å². The third kappa shape index (κ3) is 5.45. The minimum Gasteiger partial charge on any atom is -0.410 e. The van der Waals surface area contributed by atoms with Crippen LogP contribution in [-0.2, 0) is 17.8 Å². The van der Waals surface area contributed by atoms with E-state index in [1.807, 2.05) is 18.0 Å². The molecule has 1 saturated heterocycles. The molecule has 1 aromatic carbocycles. The molecule has 0 aliphatic carbocycles. The summed E-state index contributed by atoms with van der Waals surface area (Å²) in [7, 11) is 1.89. The van der Waals surface area contributed by atoms with E-state index in [-0.39, 0.29) is 30.6 Å². The summed E-state index contributed by atoms with van der Waals surface area (Å²) in [5, 5.41) is 30.6. The number of hydrogen-bond donors (Lipinski definition) is 2. The van der Waals surface area contributed by atoms with Crippen molar-refractivity contribution in [3.05, 3.63) is 57.3 Å². The number of rotatable bonds is 7. The second kappa shape index (κ2) is 11.0. The fraction of sp³-hybridized carbons (Fsp3) is 0.458. The lowest BCUT2D eigenvalue weighted by molar-refractivity contribution is -0.384. The normalized spacial score (nSPS) is 16.3. The molecule has 1 fully saturated rings. The number of aliphatic hydroxyl groups is 2. The number of aromatic nitrogens is 1. The number of anilines is 1. The summed E-state index contributed by atoms with van der Waals surface area (Å²) in [6.45, 7) is 1.57. The van der Waals surface area contributed by atoms with Gasteiger partial charge in [0.05, 0.1) is 30.4 Å². The summed E-state index contributed by atoms with van der Waals surface area (Å²) in [6.07, 6.45) is 0.644. The smallest absolute Gasteiger partial charge is 0.410 e. The quantitative estimate of drug-likeness (QED) is 0.424. The van der Waals surface area contributed by atoms with Gasteiger partial charge in [0.15, 0.2) is 0 Å². The molecule has 0 bridgehead atoms. The number of aliphatic hydroxyl groups excluding tert-OH is 2. The number of fused-ring (bicyclic) bond motifs is 1. The van der Waals surface area contributed by atoms with Gasteiger partial charge >= 0.3 is 6.09 Å². The van der Waals surface area contributed by atoms with Crippen LogP contribution in [0.1, 0.15) is 29.2 Å². The molecule has 2 aromatic rings. The van der Waals surface area contributed by atoms with E-state index in [1.54, 1.807) is 4.90 Å². The van der Waals surface area contributed by atoms with Crippen LogP contribution in [-0.4, -0.2) is 88.4 Å². The van der Waals surface area contributed by atoms with Crippen molar-refractivity contribution in [1.29, 1.82) is 0 Å². The second-order valence-electron chi connectivity index (χ2n) is 9.00. The molecule has 0 atom stereocenters. The van der Waals surface area contributed by atoms with Gasteiger partial charge in [0.1, 0.15) is 11.6 Å². The number of carbonyl (C=O) groups is 2. The first kappa shape index (κ1) is 25.5. The maximum Gasteiger partial charge on any atom is 0.420 e. The van der Waals surface area contributed by atoms with E-state index >= 15 is 0 Å². The van der Waals surface area contributed by atoms with Crippen LogP contribution in [0.5, 0.6) is 5.75 Å². The first-order chi connectivity index (χ1) is 17.3. The van der Waals surface area contributed by atoms with Gasteiger partial charge in [0, 0.05) is 44.2 Å². The molecule has 1 aromatic heterocycles. The number of nitro benzene ring substituents is 1. The molecule has 12 nitrogen and oxygen atoms in total. The molecule has 2 N–H and O–H groups in total. The number of amides is 2. The van der Waals surface area contributed by atoms with Crippen molar-refractivity contribution in [1.82, 2.24) is 14.8 Å². The lowest BCUT2D eigenvalue weighted by Gasteiger charge is -2.34. The Balaban J connectivity index is 1.62. The number of nitrogens with zero attached hydrogens (tertiary/aromatic N) is 5. The number of likely N-dealkylation sites (N-methyl/N-ethyl adjacent to an activating group) is 1. The highest BCUT2D eigenvalue weighted by atomic mass is 16.6. The Bertz CT molecular complexity index is 1140. The summed E-state index contributed by atoms with van der Waals surface area (Å²) in [6, 6.07) is 7.10. The molecule has 12 heteroatoms. The van der Waals surface area contributed by atoms with Gasteiger partial charge in [-0.25, -0.2) is 9.78 Å². The number of ether oxygens (including phenoxy) is 1. The van der Waals surface area contributed by atoms with E-state index in [0.717, 1.165) is 17.7 Å². The minimum atomic E-state index is -0.685. The average Bonchev–Trinajstić information content (AvgIpc) is 2.86. The van der Waals surface area contributed by atoms with Crippen LogP contribution >= 0.6 is 0 Å². The van der Waals surface area contributed by atoms with Crippen molar-refractivity contribution in [2.45, 2.75) is 25.3 Å². The fourth-order valence-electron chi connectivity index (χ4n) is 4.44. The van der Waals surface area contributed by atoms with Gasteiger partial charge in [-0.3, -0.25) is 24.7 Å². The summed E-state index contributed by atoms with van der Waals surface area (Å²) in [5.74, 6) is -0.150. The molecule has 0 unspecified atom stereocenters. The number of piperazine rings is 1. The SMILES string of the molecule is CN1CCN(Cc2cc3c(nc2C(CO)CO)N(C(=O)Oc2ccc([N+](=O)[O-])cc2)CCC3)C(=O)C1. The van der Waals surface area contributed by atoms with Gasteiger partial charge in [0.2, 0.25) is 5.91 Å². The highest BCUT2D eigenvalue weighted by molar-refractivity contribution is 5.89. The molecule has 192 valence electrons. The number of nitro groups is 1. The zero-order valence-corrected chi connectivity index (χ0v) is 20.0. The highest BCUT2D eigenvalue weighted by Gasteiger charge is 2.30. The zero-order valence-electron chi connectivity index (χ0n) is 20.0. The molecular weight excluding hydrogens is 470 g/mol. The van der Waals surface area contributed by atoms with Gasteiger partial charge in [-0.05, 0) is 49.2 Å². The standard InChI is InChI=1S/C24H29N5O7/c1-26-9-10-27(21(32)13-26)12-17-11-16-3-2-8-28(23(16)25-22(17)18(14-30)15-31)24(33)36-20-6-4-19(5-7-20)29(34)35/h4-7,11,18,30-31H,2-3,8-10,12-15H2,1H3.